The third-order valence-electron chi connectivity index (χ3n) is 4.20. The van der Waals surface area contributed by atoms with Gasteiger partial charge in [0.15, 0.2) is 15.8 Å². The van der Waals surface area contributed by atoms with Gasteiger partial charge in [-0.1, -0.05) is 30.3 Å². The SMILES string of the molecule is CN=C(NCCc1ccccc1C)NCc1cc(F)ccc1CS(C)(=O)=O. The van der Waals surface area contributed by atoms with E-state index in [9.17, 15) is 12.8 Å². The van der Waals surface area contributed by atoms with Crippen molar-refractivity contribution in [3.8, 4) is 0 Å². The van der Waals surface area contributed by atoms with E-state index in [1.54, 1.807) is 7.05 Å². The van der Waals surface area contributed by atoms with Gasteiger partial charge in [-0.15, -0.1) is 0 Å². The first-order chi connectivity index (χ1) is 12.8. The molecule has 0 heterocycles. The van der Waals surface area contributed by atoms with Crippen molar-refractivity contribution in [1.82, 2.24) is 10.6 Å². The summed E-state index contributed by atoms with van der Waals surface area (Å²) in [5, 5.41) is 6.34. The summed E-state index contributed by atoms with van der Waals surface area (Å²) in [6.07, 6.45) is 2.02. The first kappa shape index (κ1) is 20.9. The molecule has 0 radical (unpaired) electrons. The number of nitrogens with zero attached hydrogens (tertiary/aromatic N) is 1. The van der Waals surface area contributed by atoms with Crippen molar-refractivity contribution >= 4 is 15.8 Å². The molecule has 0 fully saturated rings. The van der Waals surface area contributed by atoms with Crippen LogP contribution in [0.15, 0.2) is 47.5 Å². The predicted molar refractivity (Wildman–Crippen MR) is 108 cm³/mol. The van der Waals surface area contributed by atoms with Crippen molar-refractivity contribution < 1.29 is 12.8 Å². The molecular weight excluding hydrogens is 365 g/mol. The van der Waals surface area contributed by atoms with Gasteiger partial charge in [0.1, 0.15) is 5.82 Å². The molecule has 2 aromatic carbocycles. The normalized spacial score (nSPS) is 12.1. The average molecular weight is 392 g/mol. The van der Waals surface area contributed by atoms with E-state index in [0.29, 0.717) is 23.6 Å². The lowest BCUT2D eigenvalue weighted by atomic mass is 10.1. The molecule has 0 saturated carbocycles. The van der Waals surface area contributed by atoms with Gasteiger partial charge in [-0.25, -0.2) is 12.8 Å². The van der Waals surface area contributed by atoms with Crippen LogP contribution in [0.3, 0.4) is 0 Å². The smallest absolute Gasteiger partial charge is 0.191 e. The summed E-state index contributed by atoms with van der Waals surface area (Å²) in [6, 6.07) is 12.4. The number of guanidine groups is 1. The second-order valence-electron chi connectivity index (χ2n) is 6.51. The summed E-state index contributed by atoms with van der Waals surface area (Å²) in [6.45, 7) is 3.06. The van der Waals surface area contributed by atoms with Crippen LogP contribution in [0, 0.1) is 12.7 Å². The molecule has 27 heavy (non-hydrogen) atoms. The Balaban J connectivity index is 1.96. The van der Waals surface area contributed by atoms with Gasteiger partial charge in [0.05, 0.1) is 5.75 Å². The molecule has 0 spiro atoms. The van der Waals surface area contributed by atoms with E-state index in [4.69, 9.17) is 0 Å². The Morgan fingerprint density at radius 3 is 2.48 bits per heavy atom. The highest BCUT2D eigenvalue weighted by molar-refractivity contribution is 7.89. The fourth-order valence-electron chi connectivity index (χ4n) is 2.79. The summed E-state index contributed by atoms with van der Waals surface area (Å²) in [5.41, 5.74) is 3.69. The van der Waals surface area contributed by atoms with Crippen LogP contribution in [0.25, 0.3) is 0 Å². The maximum atomic E-state index is 13.6. The van der Waals surface area contributed by atoms with Gasteiger partial charge in [0, 0.05) is 26.4 Å². The summed E-state index contributed by atoms with van der Waals surface area (Å²) in [5.74, 6) is 0.0635. The van der Waals surface area contributed by atoms with E-state index in [1.807, 2.05) is 12.1 Å². The lowest BCUT2D eigenvalue weighted by molar-refractivity contribution is 0.599. The Kier molecular flexibility index (Phi) is 7.36. The van der Waals surface area contributed by atoms with Gasteiger partial charge in [-0.05, 0) is 47.7 Å². The van der Waals surface area contributed by atoms with Gasteiger partial charge in [-0.3, -0.25) is 4.99 Å². The molecule has 0 aromatic heterocycles. The first-order valence-electron chi connectivity index (χ1n) is 8.72. The molecule has 0 aliphatic heterocycles. The zero-order valence-electron chi connectivity index (χ0n) is 15.9. The number of hydrogen-bond acceptors (Lipinski definition) is 3. The second kappa shape index (κ2) is 9.50. The van der Waals surface area contributed by atoms with E-state index >= 15 is 0 Å². The summed E-state index contributed by atoms with van der Waals surface area (Å²) in [7, 11) is -1.54. The van der Waals surface area contributed by atoms with Crippen molar-refractivity contribution in [3.05, 3.63) is 70.5 Å². The minimum Gasteiger partial charge on any atom is -0.356 e. The molecule has 2 N–H and O–H groups in total. The van der Waals surface area contributed by atoms with Crippen LogP contribution >= 0.6 is 0 Å². The number of rotatable bonds is 7. The molecule has 5 nitrogen and oxygen atoms in total. The molecule has 0 amide bonds. The summed E-state index contributed by atoms with van der Waals surface area (Å²) in [4.78, 5) is 4.17. The molecule has 0 saturated heterocycles. The van der Waals surface area contributed by atoms with Crippen LogP contribution in [-0.2, 0) is 28.6 Å². The minimum atomic E-state index is -3.20. The molecule has 2 rings (SSSR count). The lowest BCUT2D eigenvalue weighted by Gasteiger charge is -2.14. The Morgan fingerprint density at radius 1 is 1.07 bits per heavy atom. The minimum absolute atomic E-state index is 0.121. The Bertz CT molecular complexity index is 911. The van der Waals surface area contributed by atoms with Gasteiger partial charge in [-0.2, -0.15) is 0 Å². The highest BCUT2D eigenvalue weighted by atomic mass is 32.2. The van der Waals surface area contributed by atoms with Crippen LogP contribution in [-0.4, -0.2) is 34.2 Å². The summed E-state index contributed by atoms with van der Waals surface area (Å²) < 4.78 is 36.8. The van der Waals surface area contributed by atoms with Crippen LogP contribution < -0.4 is 10.6 Å². The van der Waals surface area contributed by atoms with E-state index < -0.39 is 15.7 Å². The molecule has 0 aliphatic carbocycles. The number of halogens is 1. The van der Waals surface area contributed by atoms with Crippen molar-refractivity contribution in [2.24, 2.45) is 4.99 Å². The molecule has 2 aromatic rings. The standard InChI is InChI=1S/C20H26FN3O2S/c1-15-6-4-5-7-16(15)10-11-23-20(22-2)24-13-18-12-19(21)9-8-17(18)14-27(3,25)26/h4-9,12H,10-11,13-14H2,1-3H3,(H2,22,23,24). The number of benzene rings is 2. The van der Waals surface area contributed by atoms with Gasteiger partial charge < -0.3 is 10.6 Å². The topological polar surface area (TPSA) is 70.6 Å². The monoisotopic (exact) mass is 391 g/mol. The third kappa shape index (κ3) is 7.02. The Labute approximate surface area is 160 Å². The van der Waals surface area contributed by atoms with Crippen molar-refractivity contribution in [1.29, 1.82) is 0 Å². The van der Waals surface area contributed by atoms with Crippen molar-refractivity contribution in [3.63, 3.8) is 0 Å². The molecule has 7 heteroatoms. The zero-order valence-corrected chi connectivity index (χ0v) is 16.7. The number of aliphatic imine (C=N–C) groups is 1. The van der Waals surface area contributed by atoms with Crippen molar-refractivity contribution in [2.45, 2.75) is 25.6 Å². The molecule has 0 unspecified atom stereocenters. The number of nitrogens with one attached hydrogen (secondary N) is 2. The van der Waals surface area contributed by atoms with Crippen LogP contribution in [0.2, 0.25) is 0 Å². The third-order valence-corrected chi connectivity index (χ3v) is 5.04. The maximum absolute atomic E-state index is 13.6. The predicted octanol–water partition coefficient (Wildman–Crippen LogP) is 2.59. The highest BCUT2D eigenvalue weighted by Crippen LogP contribution is 2.14. The van der Waals surface area contributed by atoms with E-state index in [2.05, 4.69) is 34.7 Å². The van der Waals surface area contributed by atoms with E-state index in [0.717, 1.165) is 6.42 Å². The average Bonchev–Trinajstić information content (AvgIpc) is 2.60. The second-order valence-corrected chi connectivity index (χ2v) is 8.65. The number of hydrogen-bond donors (Lipinski definition) is 2. The molecule has 0 aliphatic rings. The van der Waals surface area contributed by atoms with Gasteiger partial charge in [0.25, 0.3) is 0 Å². The van der Waals surface area contributed by atoms with Crippen LogP contribution in [0.1, 0.15) is 22.3 Å². The zero-order chi connectivity index (χ0) is 19.9. The van der Waals surface area contributed by atoms with Crippen LogP contribution in [0.5, 0.6) is 0 Å². The largest absolute Gasteiger partial charge is 0.356 e. The molecule has 0 bridgehead atoms. The molecule has 0 atom stereocenters. The number of aryl methyl sites for hydroxylation is 1. The van der Waals surface area contributed by atoms with E-state index in [1.165, 1.54) is 35.6 Å². The van der Waals surface area contributed by atoms with Crippen molar-refractivity contribution in [2.75, 3.05) is 19.8 Å². The fourth-order valence-corrected chi connectivity index (χ4v) is 3.63. The van der Waals surface area contributed by atoms with E-state index in [-0.39, 0.29) is 12.3 Å². The quantitative estimate of drug-likeness (QED) is 0.562. The number of sulfone groups is 1. The van der Waals surface area contributed by atoms with Crippen LogP contribution in [0.4, 0.5) is 4.39 Å². The fraction of sp³-hybridized carbons (Fsp3) is 0.350. The Morgan fingerprint density at radius 2 is 1.81 bits per heavy atom. The summed E-state index contributed by atoms with van der Waals surface area (Å²) >= 11 is 0. The lowest BCUT2D eigenvalue weighted by Crippen LogP contribution is -2.38. The molecular formula is C20H26FN3O2S. The highest BCUT2D eigenvalue weighted by Gasteiger charge is 2.11. The van der Waals surface area contributed by atoms with Gasteiger partial charge in [0.2, 0.25) is 0 Å². The maximum Gasteiger partial charge on any atom is 0.191 e. The first-order valence-corrected chi connectivity index (χ1v) is 10.8. The molecule has 146 valence electrons. The Hall–Kier alpha value is -2.41. The van der Waals surface area contributed by atoms with Gasteiger partial charge >= 0.3 is 0 Å².